The van der Waals surface area contributed by atoms with Gasteiger partial charge < -0.3 is 14.6 Å². The Morgan fingerprint density at radius 3 is 2.57 bits per heavy atom. The van der Waals surface area contributed by atoms with Crippen molar-refractivity contribution in [3.8, 4) is 0 Å². The lowest BCUT2D eigenvalue weighted by atomic mass is 10.2. The summed E-state index contributed by atoms with van der Waals surface area (Å²) in [6.07, 6.45) is -0.404. The van der Waals surface area contributed by atoms with E-state index in [4.69, 9.17) is 27.9 Å². The topological polar surface area (TPSA) is 58.2 Å². The number of fused-ring (bicyclic) bond motifs is 1. The summed E-state index contributed by atoms with van der Waals surface area (Å²) in [4.78, 5) is 20.9. The van der Waals surface area contributed by atoms with E-state index in [2.05, 4.69) is 9.97 Å². The summed E-state index contributed by atoms with van der Waals surface area (Å²) in [7, 11) is 1.65. The van der Waals surface area contributed by atoms with Crippen LogP contribution in [0.5, 0.6) is 0 Å². The summed E-state index contributed by atoms with van der Waals surface area (Å²) in [6, 6.07) is 3.40. The Morgan fingerprint density at radius 2 is 1.95 bits per heavy atom. The van der Waals surface area contributed by atoms with Gasteiger partial charge in [0.15, 0.2) is 0 Å². The fourth-order valence-corrected chi connectivity index (χ4v) is 2.08. The molecule has 0 saturated heterocycles. The Hall–Kier alpha value is -1.46. The number of aromatic amines is 1. The minimum atomic E-state index is -0.528. The molecule has 1 amide bonds. The highest BCUT2D eigenvalue weighted by molar-refractivity contribution is 6.42. The van der Waals surface area contributed by atoms with E-state index in [1.165, 1.54) is 4.90 Å². The smallest absolute Gasteiger partial charge is 0.410 e. The molecule has 0 unspecified atom stereocenters. The minimum absolute atomic E-state index is 0.304. The molecule has 7 heteroatoms. The molecule has 2 rings (SSSR count). The molecular formula is C14H17Cl2N3O2. The zero-order chi connectivity index (χ0) is 15.8. The molecule has 0 aliphatic rings. The second-order valence-corrected chi connectivity index (χ2v) is 6.62. The predicted octanol–water partition coefficient (Wildman–Crippen LogP) is 4.24. The van der Waals surface area contributed by atoms with Crippen molar-refractivity contribution >= 4 is 40.3 Å². The van der Waals surface area contributed by atoms with Gasteiger partial charge in [-0.05, 0) is 32.9 Å². The van der Waals surface area contributed by atoms with Crippen molar-refractivity contribution in [2.24, 2.45) is 0 Å². The number of H-pyrrole nitrogens is 1. The number of benzene rings is 1. The quantitative estimate of drug-likeness (QED) is 0.896. The largest absolute Gasteiger partial charge is 0.444 e. The molecule has 5 nitrogen and oxygen atoms in total. The Labute approximate surface area is 133 Å². The first-order valence-corrected chi connectivity index (χ1v) is 7.19. The Bertz CT molecular complexity index is 638. The number of aromatic nitrogens is 2. The molecule has 0 bridgehead atoms. The summed E-state index contributed by atoms with van der Waals surface area (Å²) in [5.74, 6) is 0.636. The average Bonchev–Trinajstić information content (AvgIpc) is 2.68. The number of nitrogens with zero attached hydrogens (tertiary/aromatic N) is 2. The number of ether oxygens (including phenoxy) is 1. The molecule has 0 aliphatic heterocycles. The monoisotopic (exact) mass is 329 g/mol. The number of imidazole rings is 1. The highest BCUT2D eigenvalue weighted by Gasteiger charge is 2.20. The standard InChI is InChI=1S/C14H17Cl2N3O2/c1-14(2,3)21-13(20)19(4)7-12-17-10-5-8(15)9(16)6-11(10)18-12/h5-6H,7H2,1-4H3,(H,17,18). The summed E-state index contributed by atoms with van der Waals surface area (Å²) in [5.41, 5.74) is 0.953. The second kappa shape index (κ2) is 5.73. The van der Waals surface area contributed by atoms with E-state index in [9.17, 15) is 4.79 Å². The zero-order valence-electron chi connectivity index (χ0n) is 12.3. The third kappa shape index (κ3) is 4.02. The number of hydrogen-bond acceptors (Lipinski definition) is 3. The van der Waals surface area contributed by atoms with Crippen LogP contribution in [0.4, 0.5) is 4.79 Å². The summed E-state index contributed by atoms with van der Waals surface area (Å²) >= 11 is 11.9. The van der Waals surface area contributed by atoms with Gasteiger partial charge in [-0.3, -0.25) is 0 Å². The third-order valence-corrected chi connectivity index (χ3v) is 3.39. The van der Waals surface area contributed by atoms with Crippen LogP contribution in [-0.2, 0) is 11.3 Å². The Balaban J connectivity index is 2.14. The summed E-state index contributed by atoms with van der Waals surface area (Å²) in [5, 5.41) is 0.905. The normalized spacial score (nSPS) is 11.7. The van der Waals surface area contributed by atoms with E-state index in [0.29, 0.717) is 27.9 Å². The van der Waals surface area contributed by atoms with Crippen LogP contribution in [0.1, 0.15) is 26.6 Å². The first-order chi connectivity index (χ1) is 9.65. The molecule has 1 heterocycles. The number of rotatable bonds is 2. The molecular weight excluding hydrogens is 313 g/mol. The van der Waals surface area contributed by atoms with Gasteiger partial charge in [-0.2, -0.15) is 0 Å². The molecule has 0 radical (unpaired) electrons. The van der Waals surface area contributed by atoms with Gasteiger partial charge in [0.1, 0.15) is 11.4 Å². The molecule has 0 aliphatic carbocycles. The molecule has 2 aromatic rings. The van der Waals surface area contributed by atoms with Crippen LogP contribution < -0.4 is 0 Å². The highest BCUT2D eigenvalue weighted by atomic mass is 35.5. The van der Waals surface area contributed by atoms with E-state index in [0.717, 1.165) is 5.52 Å². The lowest BCUT2D eigenvalue weighted by molar-refractivity contribution is 0.0281. The van der Waals surface area contributed by atoms with E-state index in [-0.39, 0.29) is 0 Å². The fraction of sp³-hybridized carbons (Fsp3) is 0.429. The molecule has 1 N–H and O–H groups in total. The SMILES string of the molecule is CN(Cc1nc2cc(Cl)c(Cl)cc2[nH]1)C(=O)OC(C)(C)C. The number of nitrogens with one attached hydrogen (secondary N) is 1. The lowest BCUT2D eigenvalue weighted by Crippen LogP contribution is -2.34. The average molecular weight is 330 g/mol. The molecule has 0 atom stereocenters. The van der Waals surface area contributed by atoms with Gasteiger partial charge in [0.2, 0.25) is 0 Å². The maximum Gasteiger partial charge on any atom is 0.410 e. The van der Waals surface area contributed by atoms with Crippen LogP contribution in [0.25, 0.3) is 11.0 Å². The molecule has 1 aromatic carbocycles. The molecule has 0 spiro atoms. The van der Waals surface area contributed by atoms with Gasteiger partial charge in [-0.1, -0.05) is 23.2 Å². The van der Waals surface area contributed by atoms with Crippen LogP contribution >= 0.6 is 23.2 Å². The van der Waals surface area contributed by atoms with Crippen molar-refractivity contribution in [1.29, 1.82) is 0 Å². The van der Waals surface area contributed by atoms with Crippen molar-refractivity contribution in [2.45, 2.75) is 32.9 Å². The first kappa shape index (κ1) is 15.9. The predicted molar refractivity (Wildman–Crippen MR) is 83.8 cm³/mol. The summed E-state index contributed by atoms with van der Waals surface area (Å²) < 4.78 is 5.29. The van der Waals surface area contributed by atoms with E-state index < -0.39 is 11.7 Å². The van der Waals surface area contributed by atoms with Gasteiger partial charge in [-0.25, -0.2) is 9.78 Å². The number of hydrogen-bond donors (Lipinski definition) is 1. The lowest BCUT2D eigenvalue weighted by Gasteiger charge is -2.24. The van der Waals surface area contributed by atoms with Gasteiger partial charge in [-0.15, -0.1) is 0 Å². The van der Waals surface area contributed by atoms with Crippen molar-refractivity contribution in [2.75, 3.05) is 7.05 Å². The van der Waals surface area contributed by atoms with Crippen molar-refractivity contribution < 1.29 is 9.53 Å². The van der Waals surface area contributed by atoms with Crippen molar-refractivity contribution in [3.63, 3.8) is 0 Å². The van der Waals surface area contributed by atoms with Crippen LogP contribution in [0.3, 0.4) is 0 Å². The fourth-order valence-electron chi connectivity index (χ4n) is 1.76. The third-order valence-electron chi connectivity index (χ3n) is 2.67. The molecule has 0 saturated carbocycles. The van der Waals surface area contributed by atoms with Crippen LogP contribution in [-0.4, -0.2) is 33.6 Å². The van der Waals surface area contributed by atoms with Gasteiger partial charge >= 0.3 is 6.09 Å². The summed E-state index contributed by atoms with van der Waals surface area (Å²) in [6.45, 7) is 5.77. The zero-order valence-corrected chi connectivity index (χ0v) is 13.8. The minimum Gasteiger partial charge on any atom is -0.444 e. The first-order valence-electron chi connectivity index (χ1n) is 6.43. The molecule has 1 aromatic heterocycles. The van der Waals surface area contributed by atoms with E-state index in [1.54, 1.807) is 19.2 Å². The van der Waals surface area contributed by atoms with E-state index in [1.807, 2.05) is 20.8 Å². The van der Waals surface area contributed by atoms with E-state index >= 15 is 0 Å². The van der Waals surface area contributed by atoms with Gasteiger partial charge in [0.25, 0.3) is 0 Å². The van der Waals surface area contributed by atoms with Crippen molar-refractivity contribution in [1.82, 2.24) is 14.9 Å². The maximum absolute atomic E-state index is 11.9. The van der Waals surface area contributed by atoms with Gasteiger partial charge in [0.05, 0.1) is 27.6 Å². The van der Waals surface area contributed by atoms with Crippen LogP contribution in [0.2, 0.25) is 10.0 Å². The van der Waals surface area contributed by atoms with Gasteiger partial charge in [0, 0.05) is 7.05 Å². The molecule has 21 heavy (non-hydrogen) atoms. The maximum atomic E-state index is 11.9. The number of amides is 1. The number of halogens is 2. The number of carbonyl (C=O) groups excluding carboxylic acids is 1. The number of carbonyl (C=O) groups is 1. The highest BCUT2D eigenvalue weighted by Crippen LogP contribution is 2.26. The van der Waals surface area contributed by atoms with Crippen LogP contribution in [0, 0.1) is 0 Å². The van der Waals surface area contributed by atoms with Crippen molar-refractivity contribution in [3.05, 3.63) is 28.0 Å². The van der Waals surface area contributed by atoms with Crippen LogP contribution in [0.15, 0.2) is 12.1 Å². The Kier molecular flexibility index (Phi) is 4.35. The second-order valence-electron chi connectivity index (χ2n) is 5.80. The molecule has 0 fully saturated rings. The molecule has 114 valence electrons. The Morgan fingerprint density at radius 1 is 1.33 bits per heavy atom.